The van der Waals surface area contributed by atoms with Crippen LogP contribution in [0.1, 0.15) is 43.2 Å². The Labute approximate surface area is 172 Å². The van der Waals surface area contributed by atoms with Crippen LogP contribution >= 0.6 is 0 Å². The minimum absolute atomic E-state index is 0.0885. The number of nitrogens with zero attached hydrogens (tertiary/aromatic N) is 1. The quantitative estimate of drug-likeness (QED) is 0.783. The second-order valence-corrected chi connectivity index (χ2v) is 8.11. The fourth-order valence-electron chi connectivity index (χ4n) is 4.49. The van der Waals surface area contributed by atoms with E-state index in [4.69, 9.17) is 4.74 Å². The summed E-state index contributed by atoms with van der Waals surface area (Å²) >= 11 is 0. The number of hydrogen-bond donors (Lipinski definition) is 2. The summed E-state index contributed by atoms with van der Waals surface area (Å²) in [6.45, 7) is 4.85. The van der Waals surface area contributed by atoms with Crippen LogP contribution in [-0.2, 0) is 4.74 Å². The molecule has 2 aliphatic rings. The zero-order valence-electron chi connectivity index (χ0n) is 17.0. The molecule has 0 radical (unpaired) electrons. The van der Waals surface area contributed by atoms with E-state index in [1.54, 1.807) is 0 Å². The van der Waals surface area contributed by atoms with E-state index in [2.05, 4.69) is 46.6 Å². The number of aliphatic hydroxyl groups excluding tert-OH is 1. The van der Waals surface area contributed by atoms with E-state index in [0.717, 1.165) is 32.4 Å². The van der Waals surface area contributed by atoms with Crippen LogP contribution in [0.25, 0.3) is 11.1 Å². The Bertz CT molecular complexity index is 800. The van der Waals surface area contributed by atoms with Crippen LogP contribution in [0.4, 0.5) is 4.79 Å². The average Bonchev–Trinajstić information content (AvgIpc) is 3.07. The summed E-state index contributed by atoms with van der Waals surface area (Å²) in [5.74, 6) is 0.0885. The molecule has 1 aliphatic carbocycles. The molecule has 1 aliphatic heterocycles. The molecular formula is C24H30N2O3. The highest BCUT2D eigenvalue weighted by molar-refractivity contribution is 5.79. The molecule has 0 saturated carbocycles. The van der Waals surface area contributed by atoms with Crippen LogP contribution in [-0.4, -0.2) is 54.5 Å². The number of likely N-dealkylation sites (tertiary alicyclic amines) is 1. The summed E-state index contributed by atoms with van der Waals surface area (Å²) < 4.78 is 5.65. The zero-order chi connectivity index (χ0) is 20.2. The third-order valence-electron chi connectivity index (χ3n) is 6.19. The van der Waals surface area contributed by atoms with Gasteiger partial charge in [0, 0.05) is 31.6 Å². The minimum atomic E-state index is -0.334. The second kappa shape index (κ2) is 8.97. The Kier molecular flexibility index (Phi) is 6.16. The molecule has 1 atom stereocenters. The minimum Gasteiger partial charge on any atom is -0.449 e. The highest BCUT2D eigenvalue weighted by Gasteiger charge is 2.29. The summed E-state index contributed by atoms with van der Waals surface area (Å²) in [6.07, 6.45) is 1.96. The van der Waals surface area contributed by atoms with Crippen LogP contribution in [0.5, 0.6) is 0 Å². The summed E-state index contributed by atoms with van der Waals surface area (Å²) in [6, 6.07) is 16.9. The van der Waals surface area contributed by atoms with Crippen molar-refractivity contribution in [2.24, 2.45) is 0 Å². The molecule has 2 N–H and O–H groups in total. The van der Waals surface area contributed by atoms with Gasteiger partial charge in [-0.25, -0.2) is 4.79 Å². The second-order valence-electron chi connectivity index (χ2n) is 8.11. The number of ether oxygens (including phenoxy) is 1. The fourth-order valence-corrected chi connectivity index (χ4v) is 4.49. The molecule has 5 nitrogen and oxygen atoms in total. The molecule has 0 spiro atoms. The predicted molar refractivity (Wildman–Crippen MR) is 114 cm³/mol. The molecule has 1 heterocycles. The smallest absolute Gasteiger partial charge is 0.407 e. The summed E-state index contributed by atoms with van der Waals surface area (Å²) in [5, 5.41) is 12.8. The molecule has 2 aromatic rings. The number of nitrogens with one attached hydrogen (secondary N) is 1. The maximum atomic E-state index is 12.4. The first-order valence-electron chi connectivity index (χ1n) is 10.7. The molecule has 5 heteroatoms. The van der Waals surface area contributed by atoms with E-state index < -0.39 is 0 Å². The Morgan fingerprint density at radius 2 is 1.69 bits per heavy atom. The van der Waals surface area contributed by atoms with Crippen molar-refractivity contribution in [1.29, 1.82) is 0 Å². The van der Waals surface area contributed by atoms with E-state index in [1.165, 1.54) is 22.3 Å². The SMILES string of the molecule is CCC(O)CN1CCC(NC(=O)OCC2c3ccccc3-c3ccccc32)CC1. The molecule has 2 aromatic carbocycles. The van der Waals surface area contributed by atoms with Crippen molar-refractivity contribution in [3.63, 3.8) is 0 Å². The molecule has 154 valence electrons. The van der Waals surface area contributed by atoms with Gasteiger partial charge in [-0.3, -0.25) is 0 Å². The molecule has 0 bridgehead atoms. The average molecular weight is 395 g/mol. The van der Waals surface area contributed by atoms with E-state index in [9.17, 15) is 9.90 Å². The summed E-state index contributed by atoms with van der Waals surface area (Å²) in [5.41, 5.74) is 4.92. The number of aliphatic hydroxyl groups is 1. The van der Waals surface area contributed by atoms with Gasteiger partial charge in [-0.15, -0.1) is 0 Å². The van der Waals surface area contributed by atoms with Crippen molar-refractivity contribution in [2.75, 3.05) is 26.2 Å². The Morgan fingerprint density at radius 3 is 2.28 bits per heavy atom. The van der Waals surface area contributed by atoms with Gasteiger partial charge in [-0.05, 0) is 41.5 Å². The Morgan fingerprint density at radius 1 is 1.10 bits per heavy atom. The van der Waals surface area contributed by atoms with Gasteiger partial charge in [0.15, 0.2) is 0 Å². The van der Waals surface area contributed by atoms with Crippen molar-refractivity contribution in [3.8, 4) is 11.1 Å². The number of carbonyl (C=O) groups excluding carboxylic acids is 1. The number of fused-ring (bicyclic) bond motifs is 3. The largest absolute Gasteiger partial charge is 0.449 e. The van der Waals surface area contributed by atoms with Gasteiger partial charge in [0.05, 0.1) is 6.10 Å². The molecule has 1 fully saturated rings. The van der Waals surface area contributed by atoms with Crippen LogP contribution < -0.4 is 5.32 Å². The number of benzene rings is 2. The number of β-amino-alcohol motifs (C(OH)–C–C–N with tert-alkyl or cyclic N) is 1. The van der Waals surface area contributed by atoms with Crippen molar-refractivity contribution in [2.45, 2.75) is 44.2 Å². The Hall–Kier alpha value is -2.37. The van der Waals surface area contributed by atoms with Crippen LogP contribution in [0.2, 0.25) is 0 Å². The molecule has 0 aromatic heterocycles. The van der Waals surface area contributed by atoms with Crippen LogP contribution in [0, 0.1) is 0 Å². The topological polar surface area (TPSA) is 61.8 Å². The normalized spacial score (nSPS) is 18.1. The van der Waals surface area contributed by atoms with E-state index >= 15 is 0 Å². The lowest BCUT2D eigenvalue weighted by Crippen LogP contribution is -2.46. The first kappa shape index (κ1) is 19.9. The van der Waals surface area contributed by atoms with Gasteiger partial charge in [0.25, 0.3) is 0 Å². The summed E-state index contributed by atoms with van der Waals surface area (Å²) in [7, 11) is 0. The lowest BCUT2D eigenvalue weighted by molar-refractivity contribution is 0.0881. The molecular weight excluding hydrogens is 364 g/mol. The van der Waals surface area contributed by atoms with Gasteiger partial charge >= 0.3 is 6.09 Å². The Balaban J connectivity index is 1.30. The van der Waals surface area contributed by atoms with Gasteiger partial charge in [-0.2, -0.15) is 0 Å². The lowest BCUT2D eigenvalue weighted by Gasteiger charge is -2.33. The van der Waals surface area contributed by atoms with Gasteiger partial charge in [0.2, 0.25) is 0 Å². The molecule has 1 unspecified atom stereocenters. The maximum Gasteiger partial charge on any atom is 0.407 e. The van der Waals surface area contributed by atoms with E-state index in [0.29, 0.717) is 13.2 Å². The van der Waals surface area contributed by atoms with Gasteiger partial charge in [-0.1, -0.05) is 55.5 Å². The third kappa shape index (κ3) is 4.46. The highest BCUT2D eigenvalue weighted by Crippen LogP contribution is 2.44. The van der Waals surface area contributed by atoms with Crippen molar-refractivity contribution in [1.82, 2.24) is 10.2 Å². The monoisotopic (exact) mass is 394 g/mol. The number of amides is 1. The molecule has 1 amide bonds. The van der Waals surface area contributed by atoms with Gasteiger partial charge in [0.1, 0.15) is 6.61 Å². The van der Waals surface area contributed by atoms with Crippen LogP contribution in [0.15, 0.2) is 48.5 Å². The first-order chi connectivity index (χ1) is 14.2. The molecule has 1 saturated heterocycles. The number of rotatable bonds is 6. The number of carbonyl (C=O) groups is 1. The van der Waals surface area contributed by atoms with E-state index in [1.807, 2.05) is 19.1 Å². The number of hydrogen-bond acceptors (Lipinski definition) is 4. The van der Waals surface area contributed by atoms with Crippen LogP contribution in [0.3, 0.4) is 0 Å². The van der Waals surface area contributed by atoms with Crippen molar-refractivity contribution in [3.05, 3.63) is 59.7 Å². The predicted octanol–water partition coefficient (Wildman–Crippen LogP) is 3.76. The van der Waals surface area contributed by atoms with Crippen molar-refractivity contribution < 1.29 is 14.6 Å². The summed E-state index contributed by atoms with van der Waals surface area (Å²) in [4.78, 5) is 14.7. The van der Waals surface area contributed by atoms with Crippen molar-refractivity contribution >= 4 is 6.09 Å². The standard InChI is InChI=1S/C24H30N2O3/c1-2-18(27)15-26-13-11-17(12-14-26)25-24(28)29-16-23-21-9-5-3-7-19(21)20-8-4-6-10-22(20)23/h3-10,17-18,23,27H,2,11-16H2,1H3,(H,25,28). The zero-order valence-corrected chi connectivity index (χ0v) is 17.0. The maximum absolute atomic E-state index is 12.4. The van der Waals surface area contributed by atoms with E-state index in [-0.39, 0.29) is 24.2 Å². The molecule has 4 rings (SSSR count). The first-order valence-corrected chi connectivity index (χ1v) is 10.7. The number of alkyl carbamates (subject to hydrolysis) is 1. The third-order valence-corrected chi connectivity index (χ3v) is 6.19. The highest BCUT2D eigenvalue weighted by atomic mass is 16.5. The molecule has 29 heavy (non-hydrogen) atoms. The van der Waals surface area contributed by atoms with Gasteiger partial charge < -0.3 is 20.1 Å². The fraction of sp³-hybridized carbons (Fsp3) is 0.458. The lowest BCUT2D eigenvalue weighted by atomic mass is 9.98. The number of piperidine rings is 1.